The van der Waals surface area contributed by atoms with Gasteiger partial charge in [0.2, 0.25) is 0 Å². The zero-order valence-corrected chi connectivity index (χ0v) is 12.6. The van der Waals surface area contributed by atoms with Gasteiger partial charge in [-0.05, 0) is 6.42 Å². The zero-order valence-electron chi connectivity index (χ0n) is 11.8. The maximum Gasteiger partial charge on any atom is 0.0897 e. The van der Waals surface area contributed by atoms with Gasteiger partial charge in [0.05, 0.1) is 12.7 Å². The zero-order chi connectivity index (χ0) is 13.6. The lowest BCUT2D eigenvalue weighted by Crippen LogP contribution is -2.32. The minimum atomic E-state index is -0.727. The number of hydrogen-bond donors (Lipinski definition) is 2. The molecular formula is C13H29NO3S. The normalized spacial score (nSPS) is 14.6. The number of aliphatic hydroxyl groups excluding tert-OH is 1. The number of hydrogen-bond acceptors (Lipinski definition) is 4. The summed E-state index contributed by atoms with van der Waals surface area (Å²) in [5, 5.41) is 12.7. The molecule has 0 bridgehead atoms. The van der Waals surface area contributed by atoms with Gasteiger partial charge in [0, 0.05) is 42.0 Å². The highest BCUT2D eigenvalue weighted by molar-refractivity contribution is 7.84. The molecule has 0 aliphatic carbocycles. The van der Waals surface area contributed by atoms with Crippen LogP contribution in [0, 0.1) is 0 Å². The van der Waals surface area contributed by atoms with E-state index in [1.54, 1.807) is 0 Å². The molecule has 110 valence electrons. The van der Waals surface area contributed by atoms with Crippen molar-refractivity contribution in [1.29, 1.82) is 0 Å². The van der Waals surface area contributed by atoms with Crippen molar-refractivity contribution in [2.45, 2.75) is 45.6 Å². The predicted molar refractivity (Wildman–Crippen MR) is 77.4 cm³/mol. The van der Waals surface area contributed by atoms with Crippen LogP contribution in [0.5, 0.6) is 0 Å². The van der Waals surface area contributed by atoms with Crippen LogP contribution in [0.4, 0.5) is 0 Å². The third kappa shape index (κ3) is 12.5. The summed E-state index contributed by atoms with van der Waals surface area (Å²) in [4.78, 5) is 0. The molecule has 0 rings (SSSR count). The summed E-state index contributed by atoms with van der Waals surface area (Å²) >= 11 is 0. The highest BCUT2D eigenvalue weighted by Gasteiger charge is 2.03. The molecule has 2 unspecified atom stereocenters. The number of rotatable bonds is 13. The van der Waals surface area contributed by atoms with Crippen molar-refractivity contribution >= 4 is 10.8 Å². The van der Waals surface area contributed by atoms with Gasteiger partial charge in [0.15, 0.2) is 0 Å². The van der Waals surface area contributed by atoms with Crippen molar-refractivity contribution in [3.8, 4) is 0 Å². The SMILES string of the molecule is CCCCCCOCC(O)CNCCS(=O)CC. The third-order valence-electron chi connectivity index (χ3n) is 2.66. The molecule has 0 aromatic heterocycles. The van der Waals surface area contributed by atoms with E-state index in [0.717, 1.165) is 13.0 Å². The highest BCUT2D eigenvalue weighted by atomic mass is 32.2. The molecule has 0 saturated carbocycles. The van der Waals surface area contributed by atoms with Gasteiger partial charge >= 0.3 is 0 Å². The van der Waals surface area contributed by atoms with E-state index >= 15 is 0 Å². The van der Waals surface area contributed by atoms with Gasteiger partial charge in [-0.2, -0.15) is 0 Å². The van der Waals surface area contributed by atoms with E-state index in [4.69, 9.17) is 4.74 Å². The van der Waals surface area contributed by atoms with Crippen LogP contribution in [0.3, 0.4) is 0 Å². The van der Waals surface area contributed by atoms with E-state index in [1.165, 1.54) is 19.3 Å². The summed E-state index contributed by atoms with van der Waals surface area (Å²) in [5.74, 6) is 1.35. The maximum atomic E-state index is 11.1. The van der Waals surface area contributed by atoms with Gasteiger partial charge in [-0.1, -0.05) is 33.1 Å². The molecule has 2 N–H and O–H groups in total. The smallest absolute Gasteiger partial charge is 0.0897 e. The molecule has 4 nitrogen and oxygen atoms in total. The Kier molecular flexibility index (Phi) is 13.5. The van der Waals surface area contributed by atoms with Crippen molar-refractivity contribution in [3.05, 3.63) is 0 Å². The lowest BCUT2D eigenvalue weighted by Gasteiger charge is -2.12. The van der Waals surface area contributed by atoms with Gasteiger partial charge in [0.25, 0.3) is 0 Å². The number of unbranched alkanes of at least 4 members (excludes halogenated alkanes) is 3. The molecule has 5 heteroatoms. The van der Waals surface area contributed by atoms with Crippen LogP contribution >= 0.6 is 0 Å². The Balaban J connectivity index is 3.22. The van der Waals surface area contributed by atoms with E-state index in [0.29, 0.717) is 31.2 Å². The first-order valence-electron chi connectivity index (χ1n) is 7.02. The Hall–Kier alpha value is 0.0300. The third-order valence-corrected chi connectivity index (χ3v) is 3.96. The largest absolute Gasteiger partial charge is 0.389 e. The summed E-state index contributed by atoms with van der Waals surface area (Å²) in [5.41, 5.74) is 0. The minimum absolute atomic E-state index is 0.385. The molecule has 0 heterocycles. The van der Waals surface area contributed by atoms with E-state index in [9.17, 15) is 9.32 Å². The lowest BCUT2D eigenvalue weighted by molar-refractivity contribution is 0.0358. The van der Waals surface area contributed by atoms with Crippen LogP contribution in [-0.2, 0) is 15.5 Å². The molecule has 0 aromatic carbocycles. The fraction of sp³-hybridized carbons (Fsp3) is 1.00. The fourth-order valence-corrected chi connectivity index (χ4v) is 2.17. The summed E-state index contributed by atoms with van der Waals surface area (Å²) in [6.45, 7) is 6.41. The van der Waals surface area contributed by atoms with Crippen LogP contribution in [0.15, 0.2) is 0 Å². The van der Waals surface area contributed by atoms with Crippen molar-refractivity contribution < 1.29 is 14.1 Å². The predicted octanol–water partition coefficient (Wildman–Crippen LogP) is 1.30. The number of ether oxygens (including phenoxy) is 1. The lowest BCUT2D eigenvalue weighted by atomic mass is 10.2. The second-order valence-electron chi connectivity index (χ2n) is 4.43. The quantitative estimate of drug-likeness (QED) is 0.499. The van der Waals surface area contributed by atoms with Gasteiger partial charge in [0.1, 0.15) is 0 Å². The standard InChI is InChI=1S/C13H29NO3S/c1-3-5-6-7-9-17-12-13(15)11-14-8-10-18(16)4-2/h13-15H,3-12H2,1-2H3. The van der Waals surface area contributed by atoms with Crippen LogP contribution in [0.2, 0.25) is 0 Å². The van der Waals surface area contributed by atoms with Crippen molar-refractivity contribution in [3.63, 3.8) is 0 Å². The van der Waals surface area contributed by atoms with E-state index < -0.39 is 16.9 Å². The average molecular weight is 279 g/mol. The Morgan fingerprint density at radius 2 is 2.06 bits per heavy atom. The monoisotopic (exact) mass is 279 g/mol. The van der Waals surface area contributed by atoms with Crippen molar-refractivity contribution in [2.75, 3.05) is 37.8 Å². The topological polar surface area (TPSA) is 58.6 Å². The van der Waals surface area contributed by atoms with Gasteiger partial charge in [-0.25, -0.2) is 0 Å². The first-order valence-corrected chi connectivity index (χ1v) is 8.51. The molecule has 0 aliphatic rings. The van der Waals surface area contributed by atoms with E-state index in [1.807, 2.05) is 6.92 Å². The molecule has 0 amide bonds. The Morgan fingerprint density at radius 3 is 2.72 bits per heavy atom. The second kappa shape index (κ2) is 13.5. The molecule has 0 fully saturated rings. The molecular weight excluding hydrogens is 250 g/mol. The van der Waals surface area contributed by atoms with Gasteiger partial charge in [-0.15, -0.1) is 0 Å². The van der Waals surface area contributed by atoms with Crippen LogP contribution < -0.4 is 5.32 Å². The summed E-state index contributed by atoms with van der Waals surface area (Å²) in [6, 6.07) is 0. The first-order chi connectivity index (χ1) is 8.70. The second-order valence-corrected chi connectivity index (χ2v) is 6.29. The van der Waals surface area contributed by atoms with E-state index in [2.05, 4.69) is 12.2 Å². The Bertz CT molecular complexity index is 203. The fourth-order valence-electron chi connectivity index (χ4n) is 1.51. The minimum Gasteiger partial charge on any atom is -0.389 e. The van der Waals surface area contributed by atoms with E-state index in [-0.39, 0.29) is 0 Å². The van der Waals surface area contributed by atoms with Gasteiger partial charge < -0.3 is 15.2 Å². The van der Waals surface area contributed by atoms with Crippen molar-refractivity contribution in [2.24, 2.45) is 0 Å². The summed E-state index contributed by atoms with van der Waals surface area (Å²) in [6.07, 6.45) is 4.29. The molecule has 0 aliphatic heterocycles. The maximum absolute atomic E-state index is 11.1. The highest BCUT2D eigenvalue weighted by Crippen LogP contribution is 1.99. The molecule has 2 atom stereocenters. The summed E-state index contributed by atoms with van der Waals surface area (Å²) < 4.78 is 16.5. The Labute approximate surface area is 114 Å². The Morgan fingerprint density at radius 1 is 1.28 bits per heavy atom. The molecule has 0 saturated heterocycles. The van der Waals surface area contributed by atoms with Crippen LogP contribution in [0.1, 0.15) is 39.5 Å². The van der Waals surface area contributed by atoms with Crippen LogP contribution in [0.25, 0.3) is 0 Å². The summed E-state index contributed by atoms with van der Waals surface area (Å²) in [7, 11) is -0.727. The average Bonchev–Trinajstić information content (AvgIpc) is 2.38. The molecule has 0 aromatic rings. The van der Waals surface area contributed by atoms with Gasteiger partial charge in [-0.3, -0.25) is 4.21 Å². The van der Waals surface area contributed by atoms with Crippen LogP contribution in [-0.4, -0.2) is 53.2 Å². The first kappa shape index (κ1) is 18.0. The molecule has 0 spiro atoms. The number of aliphatic hydroxyl groups is 1. The molecule has 18 heavy (non-hydrogen) atoms. The number of nitrogens with one attached hydrogen (secondary N) is 1. The van der Waals surface area contributed by atoms with Crippen molar-refractivity contribution in [1.82, 2.24) is 5.32 Å². The molecule has 0 radical (unpaired) electrons.